The molecule has 0 radical (unpaired) electrons. The molecule has 15 heavy (non-hydrogen) atoms. The van der Waals surface area contributed by atoms with Crippen LogP contribution in [-0.2, 0) is 0 Å². The van der Waals surface area contributed by atoms with Crippen LogP contribution in [0.1, 0.15) is 12.0 Å². The Morgan fingerprint density at radius 2 is 1.93 bits per heavy atom. The fourth-order valence-electron chi connectivity index (χ4n) is 0.812. The van der Waals surface area contributed by atoms with Crippen LogP contribution in [-0.4, -0.2) is 11.3 Å². The van der Waals surface area contributed by atoms with E-state index in [-0.39, 0.29) is 4.60 Å². The standard InChI is InChI=1S/C7H3BrF5NO/c8-5-1-3(6(9)10)4(2-14-5)15-7(11,12)13/h1-2,6H. The molecular formula is C7H3BrF5NO. The molecule has 0 aliphatic heterocycles. The number of alkyl halides is 5. The predicted molar refractivity (Wildman–Crippen MR) is 43.6 cm³/mol. The molecule has 0 N–H and O–H groups in total. The average Bonchev–Trinajstić information content (AvgIpc) is 2.05. The number of halogens is 6. The average molecular weight is 292 g/mol. The van der Waals surface area contributed by atoms with Crippen LogP contribution >= 0.6 is 15.9 Å². The third kappa shape index (κ3) is 3.61. The summed E-state index contributed by atoms with van der Waals surface area (Å²) in [6, 6.07) is 0.770. The number of hydrogen-bond donors (Lipinski definition) is 0. The van der Waals surface area contributed by atoms with E-state index in [1.165, 1.54) is 0 Å². The molecule has 0 atom stereocenters. The van der Waals surface area contributed by atoms with E-state index in [0.29, 0.717) is 6.20 Å². The molecule has 1 aromatic heterocycles. The highest BCUT2D eigenvalue weighted by atomic mass is 79.9. The zero-order chi connectivity index (χ0) is 11.6. The van der Waals surface area contributed by atoms with Gasteiger partial charge in [-0.05, 0) is 22.0 Å². The van der Waals surface area contributed by atoms with Crippen LogP contribution < -0.4 is 4.74 Å². The molecule has 0 unspecified atom stereocenters. The van der Waals surface area contributed by atoms with Gasteiger partial charge >= 0.3 is 6.36 Å². The van der Waals surface area contributed by atoms with Crippen molar-refractivity contribution in [2.24, 2.45) is 0 Å². The molecule has 0 aliphatic carbocycles. The van der Waals surface area contributed by atoms with Crippen LogP contribution in [0.4, 0.5) is 22.0 Å². The Morgan fingerprint density at radius 1 is 1.33 bits per heavy atom. The van der Waals surface area contributed by atoms with E-state index in [9.17, 15) is 22.0 Å². The molecule has 0 saturated heterocycles. The minimum absolute atomic E-state index is 0.00678. The Bertz CT molecular complexity index is 354. The number of rotatable bonds is 2. The van der Waals surface area contributed by atoms with Gasteiger partial charge in [0.2, 0.25) is 0 Å². The van der Waals surface area contributed by atoms with Crippen molar-refractivity contribution < 1.29 is 26.7 Å². The molecule has 1 aromatic rings. The zero-order valence-electron chi connectivity index (χ0n) is 6.86. The molecule has 0 bridgehead atoms. The summed E-state index contributed by atoms with van der Waals surface area (Å²) in [6.07, 6.45) is -7.50. The first kappa shape index (κ1) is 12.2. The summed E-state index contributed by atoms with van der Waals surface area (Å²) in [5, 5.41) is 0. The highest BCUT2D eigenvalue weighted by Crippen LogP contribution is 2.33. The molecule has 1 heterocycles. The number of ether oxygens (including phenoxy) is 1. The van der Waals surface area contributed by atoms with Crippen molar-refractivity contribution >= 4 is 15.9 Å². The maximum Gasteiger partial charge on any atom is 0.573 e. The van der Waals surface area contributed by atoms with Crippen molar-refractivity contribution in [2.75, 3.05) is 0 Å². The second kappa shape index (κ2) is 4.30. The van der Waals surface area contributed by atoms with E-state index in [2.05, 4.69) is 25.7 Å². The van der Waals surface area contributed by atoms with Gasteiger partial charge in [0, 0.05) is 0 Å². The third-order valence-corrected chi connectivity index (χ3v) is 1.76. The van der Waals surface area contributed by atoms with Crippen molar-refractivity contribution in [1.29, 1.82) is 0 Å². The molecule has 0 amide bonds. The first-order chi connectivity index (χ1) is 6.79. The van der Waals surface area contributed by atoms with Gasteiger partial charge < -0.3 is 4.74 Å². The van der Waals surface area contributed by atoms with E-state index >= 15 is 0 Å². The maximum absolute atomic E-state index is 12.3. The molecule has 84 valence electrons. The van der Waals surface area contributed by atoms with E-state index < -0.39 is 24.1 Å². The summed E-state index contributed by atoms with van der Waals surface area (Å²) in [5.74, 6) is -0.999. The van der Waals surface area contributed by atoms with Gasteiger partial charge in [-0.2, -0.15) is 0 Å². The number of hydrogen-bond acceptors (Lipinski definition) is 2. The van der Waals surface area contributed by atoms with Crippen molar-refractivity contribution in [2.45, 2.75) is 12.8 Å². The van der Waals surface area contributed by atoms with E-state index in [1.54, 1.807) is 0 Å². The van der Waals surface area contributed by atoms with Crippen LogP contribution in [0.5, 0.6) is 5.75 Å². The fourth-order valence-corrected chi connectivity index (χ4v) is 1.16. The lowest BCUT2D eigenvalue weighted by atomic mass is 10.2. The lowest BCUT2D eigenvalue weighted by molar-refractivity contribution is -0.275. The van der Waals surface area contributed by atoms with Crippen LogP contribution in [0, 0.1) is 0 Å². The van der Waals surface area contributed by atoms with Crippen LogP contribution in [0.2, 0.25) is 0 Å². The van der Waals surface area contributed by atoms with Gasteiger partial charge in [-0.25, -0.2) is 13.8 Å². The third-order valence-electron chi connectivity index (χ3n) is 1.33. The molecule has 0 aliphatic rings. The van der Waals surface area contributed by atoms with Crippen molar-refractivity contribution in [3.63, 3.8) is 0 Å². The molecule has 0 saturated carbocycles. The Kier molecular flexibility index (Phi) is 3.48. The smallest absolute Gasteiger partial charge is 0.404 e. The molecule has 8 heteroatoms. The van der Waals surface area contributed by atoms with Gasteiger partial charge in [0.1, 0.15) is 4.60 Å². The fraction of sp³-hybridized carbons (Fsp3) is 0.286. The summed E-state index contributed by atoms with van der Waals surface area (Å²) in [5.41, 5.74) is -0.866. The van der Waals surface area contributed by atoms with Gasteiger partial charge in [-0.3, -0.25) is 0 Å². The Hall–Kier alpha value is -0.920. The minimum atomic E-state index is -5.01. The van der Waals surface area contributed by atoms with E-state index in [4.69, 9.17) is 0 Å². The first-order valence-electron chi connectivity index (χ1n) is 3.49. The van der Waals surface area contributed by atoms with E-state index in [0.717, 1.165) is 6.07 Å². The maximum atomic E-state index is 12.3. The Balaban J connectivity index is 3.06. The van der Waals surface area contributed by atoms with Gasteiger partial charge in [-0.15, -0.1) is 13.2 Å². The highest BCUT2D eigenvalue weighted by Gasteiger charge is 2.33. The van der Waals surface area contributed by atoms with Crippen molar-refractivity contribution in [3.05, 3.63) is 22.4 Å². The van der Waals surface area contributed by atoms with Gasteiger partial charge in [0.25, 0.3) is 6.43 Å². The summed E-state index contributed by atoms with van der Waals surface area (Å²) >= 11 is 2.76. The van der Waals surface area contributed by atoms with Gasteiger partial charge in [-0.1, -0.05) is 0 Å². The second-order valence-corrected chi connectivity index (χ2v) is 3.21. The van der Waals surface area contributed by atoms with Gasteiger partial charge in [0.15, 0.2) is 5.75 Å². The lowest BCUT2D eigenvalue weighted by Crippen LogP contribution is -2.18. The summed E-state index contributed by atoms with van der Waals surface area (Å²) in [4.78, 5) is 3.36. The molecule has 0 spiro atoms. The number of nitrogens with zero attached hydrogens (tertiary/aromatic N) is 1. The minimum Gasteiger partial charge on any atom is -0.404 e. The molecular weight excluding hydrogens is 289 g/mol. The summed E-state index contributed by atoms with van der Waals surface area (Å²) in [6.45, 7) is 0. The first-order valence-corrected chi connectivity index (χ1v) is 4.28. The largest absolute Gasteiger partial charge is 0.573 e. The molecule has 1 rings (SSSR count). The lowest BCUT2D eigenvalue weighted by Gasteiger charge is -2.12. The van der Waals surface area contributed by atoms with E-state index in [1.807, 2.05) is 0 Å². The number of aromatic nitrogens is 1. The quantitative estimate of drug-likeness (QED) is 0.612. The van der Waals surface area contributed by atoms with Crippen LogP contribution in [0.25, 0.3) is 0 Å². The summed E-state index contributed by atoms with van der Waals surface area (Å²) < 4.78 is 63.3. The Labute approximate surface area is 89.2 Å². The second-order valence-electron chi connectivity index (χ2n) is 2.39. The van der Waals surface area contributed by atoms with Crippen LogP contribution in [0.3, 0.4) is 0 Å². The number of pyridine rings is 1. The highest BCUT2D eigenvalue weighted by molar-refractivity contribution is 9.10. The van der Waals surface area contributed by atoms with Crippen molar-refractivity contribution in [1.82, 2.24) is 4.98 Å². The summed E-state index contributed by atoms with van der Waals surface area (Å²) in [7, 11) is 0. The Morgan fingerprint density at radius 3 is 2.40 bits per heavy atom. The SMILES string of the molecule is FC(F)c1cc(Br)ncc1OC(F)(F)F. The zero-order valence-corrected chi connectivity index (χ0v) is 8.44. The molecule has 0 aromatic carbocycles. The topological polar surface area (TPSA) is 22.1 Å². The predicted octanol–water partition coefficient (Wildman–Crippen LogP) is 3.68. The molecule has 0 fully saturated rings. The van der Waals surface area contributed by atoms with Gasteiger partial charge in [0.05, 0.1) is 11.8 Å². The van der Waals surface area contributed by atoms with Crippen molar-refractivity contribution in [3.8, 4) is 5.75 Å². The van der Waals surface area contributed by atoms with Crippen LogP contribution in [0.15, 0.2) is 16.9 Å². The monoisotopic (exact) mass is 291 g/mol. The molecule has 2 nitrogen and oxygen atoms in total. The normalized spacial score (nSPS) is 11.9.